The summed E-state index contributed by atoms with van der Waals surface area (Å²) in [6.45, 7) is 8.13. The molecule has 2 N–H and O–H groups in total. The maximum Gasteiger partial charge on any atom is 0.229 e. The molecule has 0 aliphatic rings. The zero-order valence-electron chi connectivity index (χ0n) is 17.3. The Morgan fingerprint density at radius 1 is 1.10 bits per heavy atom. The molecule has 0 bridgehead atoms. The van der Waals surface area contributed by atoms with Gasteiger partial charge in [-0.25, -0.2) is 8.42 Å². The van der Waals surface area contributed by atoms with Crippen molar-refractivity contribution >= 4 is 38.3 Å². The highest BCUT2D eigenvalue weighted by molar-refractivity contribution is 7.92. The largest absolute Gasteiger partial charge is 0.464 e. The lowest BCUT2D eigenvalue weighted by atomic mass is 9.95. The molecule has 0 saturated carbocycles. The van der Waals surface area contributed by atoms with Crippen molar-refractivity contribution in [3.63, 3.8) is 0 Å². The Bertz CT molecular complexity index is 1180. The standard InChI is InChI=1S/C22H26N2O4S/c1-13(2)18-11-19-16(12-28-21(19)8-15(18)4)9-22(25)23-17-7-6-14(3)20(10-17)24-29(5,26)27/h6-8,10-13,24H,9H2,1-5H3,(H,23,25). The van der Waals surface area contributed by atoms with Crippen molar-refractivity contribution in [3.05, 3.63) is 58.8 Å². The number of carbonyl (C=O) groups excluding carboxylic acids is 1. The summed E-state index contributed by atoms with van der Waals surface area (Å²) in [5.74, 6) is 0.179. The van der Waals surface area contributed by atoms with E-state index in [-0.39, 0.29) is 12.3 Å². The number of amides is 1. The van der Waals surface area contributed by atoms with Crippen molar-refractivity contribution in [3.8, 4) is 0 Å². The highest BCUT2D eigenvalue weighted by atomic mass is 32.2. The van der Waals surface area contributed by atoms with Crippen molar-refractivity contribution in [2.24, 2.45) is 0 Å². The number of sulfonamides is 1. The second-order valence-electron chi connectivity index (χ2n) is 7.75. The van der Waals surface area contributed by atoms with Gasteiger partial charge in [-0.1, -0.05) is 19.9 Å². The molecule has 0 saturated heterocycles. The molecule has 0 spiro atoms. The van der Waals surface area contributed by atoms with E-state index < -0.39 is 10.0 Å². The first-order valence-electron chi connectivity index (χ1n) is 9.42. The van der Waals surface area contributed by atoms with E-state index >= 15 is 0 Å². The Morgan fingerprint density at radius 2 is 1.83 bits per heavy atom. The number of hydrogen-bond donors (Lipinski definition) is 2. The smallest absolute Gasteiger partial charge is 0.229 e. The van der Waals surface area contributed by atoms with E-state index in [0.29, 0.717) is 17.3 Å². The van der Waals surface area contributed by atoms with Crippen LogP contribution >= 0.6 is 0 Å². The minimum Gasteiger partial charge on any atom is -0.464 e. The minimum absolute atomic E-state index is 0.163. The van der Waals surface area contributed by atoms with Gasteiger partial charge in [0.05, 0.1) is 24.6 Å². The lowest BCUT2D eigenvalue weighted by molar-refractivity contribution is -0.115. The number of furan rings is 1. The van der Waals surface area contributed by atoms with Crippen LogP contribution in [0, 0.1) is 13.8 Å². The van der Waals surface area contributed by atoms with Crippen molar-refractivity contribution < 1.29 is 17.6 Å². The normalized spacial score (nSPS) is 11.8. The molecule has 1 amide bonds. The van der Waals surface area contributed by atoms with Crippen LogP contribution in [0.15, 0.2) is 41.0 Å². The summed E-state index contributed by atoms with van der Waals surface area (Å²) in [5, 5.41) is 3.77. The van der Waals surface area contributed by atoms with Crippen LogP contribution in [0.2, 0.25) is 0 Å². The highest BCUT2D eigenvalue weighted by Gasteiger charge is 2.15. The summed E-state index contributed by atoms with van der Waals surface area (Å²) < 4.78 is 31.1. The van der Waals surface area contributed by atoms with Crippen LogP contribution in [0.25, 0.3) is 11.0 Å². The molecule has 1 aromatic heterocycles. The van der Waals surface area contributed by atoms with E-state index in [1.54, 1.807) is 31.4 Å². The van der Waals surface area contributed by atoms with E-state index in [4.69, 9.17) is 4.42 Å². The summed E-state index contributed by atoms with van der Waals surface area (Å²) in [5.41, 5.74) is 5.73. The zero-order chi connectivity index (χ0) is 21.3. The predicted molar refractivity (Wildman–Crippen MR) is 117 cm³/mol. The van der Waals surface area contributed by atoms with Gasteiger partial charge >= 0.3 is 0 Å². The Balaban J connectivity index is 1.81. The van der Waals surface area contributed by atoms with Crippen LogP contribution in [-0.2, 0) is 21.2 Å². The van der Waals surface area contributed by atoms with E-state index in [1.807, 2.05) is 6.07 Å². The van der Waals surface area contributed by atoms with Gasteiger partial charge in [-0.3, -0.25) is 9.52 Å². The third kappa shape index (κ3) is 4.98. The first-order valence-corrected chi connectivity index (χ1v) is 11.3. The average Bonchev–Trinajstić information content (AvgIpc) is 2.97. The highest BCUT2D eigenvalue weighted by Crippen LogP contribution is 2.29. The third-order valence-electron chi connectivity index (χ3n) is 4.83. The van der Waals surface area contributed by atoms with Crippen molar-refractivity contribution in [1.29, 1.82) is 0 Å². The third-order valence-corrected chi connectivity index (χ3v) is 5.42. The van der Waals surface area contributed by atoms with E-state index in [0.717, 1.165) is 28.4 Å². The monoisotopic (exact) mass is 414 g/mol. The fraction of sp³-hybridized carbons (Fsp3) is 0.318. The van der Waals surface area contributed by atoms with Gasteiger partial charge in [0, 0.05) is 16.6 Å². The van der Waals surface area contributed by atoms with Crippen LogP contribution in [0.1, 0.15) is 42.0 Å². The van der Waals surface area contributed by atoms with Gasteiger partial charge in [-0.15, -0.1) is 0 Å². The van der Waals surface area contributed by atoms with Crippen LogP contribution in [-0.4, -0.2) is 20.6 Å². The van der Waals surface area contributed by atoms with Crippen molar-refractivity contribution in [2.75, 3.05) is 16.3 Å². The first-order chi connectivity index (χ1) is 13.5. The Hall–Kier alpha value is -2.80. The average molecular weight is 415 g/mol. The Morgan fingerprint density at radius 3 is 2.48 bits per heavy atom. The molecule has 154 valence electrons. The Kier molecular flexibility index (Phi) is 5.71. The fourth-order valence-electron chi connectivity index (χ4n) is 3.39. The van der Waals surface area contributed by atoms with Crippen LogP contribution in [0.5, 0.6) is 0 Å². The lowest BCUT2D eigenvalue weighted by Crippen LogP contribution is -2.15. The zero-order valence-corrected chi connectivity index (χ0v) is 18.1. The van der Waals surface area contributed by atoms with Gasteiger partial charge < -0.3 is 9.73 Å². The summed E-state index contributed by atoms with van der Waals surface area (Å²) in [6.07, 6.45) is 2.88. The second-order valence-corrected chi connectivity index (χ2v) is 9.50. The summed E-state index contributed by atoms with van der Waals surface area (Å²) in [6, 6.07) is 9.22. The molecule has 6 nitrogen and oxygen atoms in total. The first kappa shape index (κ1) is 20.9. The van der Waals surface area contributed by atoms with Gasteiger partial charge in [-0.05, 0) is 60.7 Å². The number of anilines is 2. The molecular formula is C22H26N2O4S. The molecule has 29 heavy (non-hydrogen) atoms. The summed E-state index contributed by atoms with van der Waals surface area (Å²) in [4.78, 5) is 12.6. The van der Waals surface area contributed by atoms with Crippen molar-refractivity contribution in [2.45, 2.75) is 40.0 Å². The van der Waals surface area contributed by atoms with E-state index in [9.17, 15) is 13.2 Å². The van der Waals surface area contributed by atoms with Crippen molar-refractivity contribution in [1.82, 2.24) is 0 Å². The molecule has 0 unspecified atom stereocenters. The van der Waals surface area contributed by atoms with Gasteiger partial charge in [0.1, 0.15) is 5.58 Å². The summed E-state index contributed by atoms with van der Waals surface area (Å²) >= 11 is 0. The SMILES string of the molecule is Cc1ccc(NC(=O)Cc2coc3cc(C)c(C(C)C)cc23)cc1NS(C)(=O)=O. The topological polar surface area (TPSA) is 88.4 Å². The van der Waals surface area contributed by atoms with E-state index in [1.165, 1.54) is 11.1 Å². The van der Waals surface area contributed by atoms with Crippen LogP contribution in [0.4, 0.5) is 11.4 Å². The molecule has 7 heteroatoms. The predicted octanol–water partition coefficient (Wildman–Crippen LogP) is 4.73. The maximum atomic E-state index is 12.6. The molecule has 0 aliphatic carbocycles. The number of rotatable bonds is 6. The van der Waals surface area contributed by atoms with Crippen LogP contribution < -0.4 is 10.0 Å². The number of carbonyl (C=O) groups is 1. The number of fused-ring (bicyclic) bond motifs is 1. The molecule has 3 rings (SSSR count). The van der Waals surface area contributed by atoms with Crippen LogP contribution in [0.3, 0.4) is 0 Å². The lowest BCUT2D eigenvalue weighted by Gasteiger charge is -2.11. The van der Waals surface area contributed by atoms with E-state index in [2.05, 4.69) is 36.9 Å². The number of benzene rings is 2. The van der Waals surface area contributed by atoms with Gasteiger partial charge in [0.25, 0.3) is 0 Å². The fourth-order valence-corrected chi connectivity index (χ4v) is 4.01. The maximum absolute atomic E-state index is 12.6. The van der Waals surface area contributed by atoms with Gasteiger partial charge in [0.2, 0.25) is 15.9 Å². The quantitative estimate of drug-likeness (QED) is 0.610. The number of nitrogens with one attached hydrogen (secondary N) is 2. The molecule has 2 aromatic carbocycles. The number of aryl methyl sites for hydroxylation is 2. The second kappa shape index (κ2) is 7.91. The molecule has 0 fully saturated rings. The molecule has 0 radical (unpaired) electrons. The molecule has 0 atom stereocenters. The van der Waals surface area contributed by atoms with Gasteiger partial charge in [0.15, 0.2) is 0 Å². The molecule has 0 aliphatic heterocycles. The molecule has 3 aromatic rings. The summed E-state index contributed by atoms with van der Waals surface area (Å²) in [7, 11) is -3.40. The molecular weight excluding hydrogens is 388 g/mol. The number of hydrogen-bond acceptors (Lipinski definition) is 4. The Labute approximate surface area is 171 Å². The molecule has 1 heterocycles. The van der Waals surface area contributed by atoms with Gasteiger partial charge in [-0.2, -0.15) is 0 Å². The minimum atomic E-state index is -3.40.